The van der Waals surface area contributed by atoms with E-state index < -0.39 is 7.12 Å². The molecule has 0 unspecified atom stereocenters. The van der Waals surface area contributed by atoms with Crippen molar-refractivity contribution >= 4 is 12.6 Å². The highest BCUT2D eigenvalue weighted by Crippen LogP contribution is 2.40. The molecule has 1 aromatic rings. The van der Waals surface area contributed by atoms with Crippen molar-refractivity contribution in [3.05, 3.63) is 29.3 Å². The van der Waals surface area contributed by atoms with Crippen molar-refractivity contribution in [1.29, 1.82) is 0 Å². The number of rotatable bonds is 3. The first kappa shape index (κ1) is 15.1. The van der Waals surface area contributed by atoms with E-state index in [2.05, 4.69) is 6.07 Å². The van der Waals surface area contributed by atoms with Gasteiger partial charge in [0.25, 0.3) is 0 Å². The molecule has 2 aliphatic carbocycles. The third-order valence-electron chi connectivity index (χ3n) is 5.51. The summed E-state index contributed by atoms with van der Waals surface area (Å²) in [5, 5.41) is 19.6. The molecule has 1 aromatic carbocycles. The summed E-state index contributed by atoms with van der Waals surface area (Å²) in [7, 11) is -1.33. The van der Waals surface area contributed by atoms with Crippen molar-refractivity contribution in [2.45, 2.75) is 76.0 Å². The molecule has 2 saturated carbocycles. The number of hydrogen-bond donors (Lipinski definition) is 2. The van der Waals surface area contributed by atoms with Crippen LogP contribution < -0.4 is 5.46 Å². The summed E-state index contributed by atoms with van der Waals surface area (Å²) in [6.07, 6.45) is 12.9. The minimum atomic E-state index is -1.33. The summed E-state index contributed by atoms with van der Waals surface area (Å²) < 4.78 is 0. The van der Waals surface area contributed by atoms with Crippen LogP contribution in [0.3, 0.4) is 0 Å². The predicted molar refractivity (Wildman–Crippen MR) is 87.9 cm³/mol. The molecule has 2 aliphatic rings. The highest BCUT2D eigenvalue weighted by atomic mass is 16.4. The Morgan fingerprint density at radius 3 is 1.90 bits per heavy atom. The Labute approximate surface area is 128 Å². The van der Waals surface area contributed by atoms with Gasteiger partial charge in [0.1, 0.15) is 0 Å². The zero-order valence-electron chi connectivity index (χ0n) is 12.9. The standard InChI is InChI=1S/C18H27BO2/c20-19(21)17-13-7-12-16(14-8-3-1-4-9-14)18(17)15-10-5-2-6-11-15/h7,12-15,20-21H,1-6,8-11H2. The van der Waals surface area contributed by atoms with E-state index in [1.807, 2.05) is 12.1 Å². The zero-order chi connectivity index (χ0) is 14.7. The van der Waals surface area contributed by atoms with Crippen LogP contribution in [0.15, 0.2) is 18.2 Å². The summed E-state index contributed by atoms with van der Waals surface area (Å²) in [6, 6.07) is 6.19. The minimum Gasteiger partial charge on any atom is -0.423 e. The monoisotopic (exact) mass is 286 g/mol. The van der Waals surface area contributed by atoms with Crippen LogP contribution in [-0.2, 0) is 0 Å². The molecule has 0 aliphatic heterocycles. The molecule has 0 saturated heterocycles. The van der Waals surface area contributed by atoms with Crippen LogP contribution in [0.4, 0.5) is 0 Å². The lowest BCUT2D eigenvalue weighted by Gasteiger charge is -2.31. The van der Waals surface area contributed by atoms with Gasteiger partial charge in [0, 0.05) is 0 Å². The van der Waals surface area contributed by atoms with E-state index in [0.717, 1.165) is 5.46 Å². The first-order valence-electron chi connectivity index (χ1n) is 8.76. The summed E-state index contributed by atoms with van der Waals surface area (Å²) in [6.45, 7) is 0. The molecule has 2 fully saturated rings. The predicted octanol–water partition coefficient (Wildman–Crippen LogP) is 3.46. The molecule has 0 radical (unpaired) electrons. The van der Waals surface area contributed by atoms with Gasteiger partial charge in [0.05, 0.1) is 0 Å². The van der Waals surface area contributed by atoms with E-state index >= 15 is 0 Å². The van der Waals surface area contributed by atoms with Crippen LogP contribution in [0.2, 0.25) is 0 Å². The minimum absolute atomic E-state index is 0.536. The Morgan fingerprint density at radius 1 is 0.762 bits per heavy atom. The molecule has 0 amide bonds. The van der Waals surface area contributed by atoms with Crippen LogP contribution in [-0.4, -0.2) is 17.2 Å². The van der Waals surface area contributed by atoms with Crippen LogP contribution in [0.5, 0.6) is 0 Å². The first-order valence-corrected chi connectivity index (χ1v) is 8.76. The Bertz CT molecular complexity index is 460. The topological polar surface area (TPSA) is 40.5 Å². The van der Waals surface area contributed by atoms with E-state index in [0.29, 0.717) is 11.8 Å². The van der Waals surface area contributed by atoms with Crippen molar-refractivity contribution < 1.29 is 10.0 Å². The van der Waals surface area contributed by atoms with Gasteiger partial charge >= 0.3 is 7.12 Å². The molecule has 0 atom stereocenters. The second-order valence-electron chi connectivity index (χ2n) is 6.89. The maximum absolute atomic E-state index is 9.81. The number of hydrogen-bond acceptors (Lipinski definition) is 2. The van der Waals surface area contributed by atoms with Crippen LogP contribution in [0, 0.1) is 0 Å². The molecule has 2 nitrogen and oxygen atoms in total. The molecular formula is C18H27BO2. The van der Waals surface area contributed by atoms with Crippen molar-refractivity contribution in [3.63, 3.8) is 0 Å². The quantitative estimate of drug-likeness (QED) is 0.835. The van der Waals surface area contributed by atoms with E-state index in [9.17, 15) is 10.0 Å². The van der Waals surface area contributed by atoms with Gasteiger partial charge in [0.15, 0.2) is 0 Å². The van der Waals surface area contributed by atoms with Crippen molar-refractivity contribution in [2.75, 3.05) is 0 Å². The van der Waals surface area contributed by atoms with Crippen molar-refractivity contribution in [2.24, 2.45) is 0 Å². The molecule has 2 N–H and O–H groups in total. The molecule has 21 heavy (non-hydrogen) atoms. The maximum atomic E-state index is 9.81. The van der Waals surface area contributed by atoms with Gasteiger partial charge in [0.2, 0.25) is 0 Å². The zero-order valence-corrected chi connectivity index (χ0v) is 12.9. The van der Waals surface area contributed by atoms with Crippen LogP contribution >= 0.6 is 0 Å². The fourth-order valence-corrected chi connectivity index (χ4v) is 4.46. The van der Waals surface area contributed by atoms with Gasteiger partial charge in [-0.3, -0.25) is 0 Å². The van der Waals surface area contributed by atoms with Gasteiger partial charge in [-0.1, -0.05) is 56.7 Å². The Kier molecular flexibility index (Phi) is 5.02. The molecule has 3 heteroatoms. The van der Waals surface area contributed by atoms with Gasteiger partial charge in [-0.15, -0.1) is 0 Å². The third kappa shape index (κ3) is 3.35. The second kappa shape index (κ2) is 6.98. The summed E-state index contributed by atoms with van der Waals surface area (Å²) in [5.41, 5.74) is 3.48. The molecular weight excluding hydrogens is 259 g/mol. The molecule has 114 valence electrons. The van der Waals surface area contributed by atoms with Crippen molar-refractivity contribution in [3.8, 4) is 0 Å². The average Bonchev–Trinajstić information content (AvgIpc) is 2.55. The SMILES string of the molecule is OB(O)c1cccc(C2CCCCC2)c1C1CCCCC1. The van der Waals surface area contributed by atoms with Gasteiger partial charge in [-0.2, -0.15) is 0 Å². The molecule has 0 bridgehead atoms. The summed E-state index contributed by atoms with van der Waals surface area (Å²) >= 11 is 0. The highest BCUT2D eigenvalue weighted by Gasteiger charge is 2.29. The smallest absolute Gasteiger partial charge is 0.423 e. The second-order valence-corrected chi connectivity index (χ2v) is 6.89. The lowest BCUT2D eigenvalue weighted by Crippen LogP contribution is -2.36. The average molecular weight is 286 g/mol. The summed E-state index contributed by atoms with van der Waals surface area (Å²) in [4.78, 5) is 0. The molecule has 0 heterocycles. The van der Waals surface area contributed by atoms with E-state index in [1.165, 1.54) is 75.3 Å². The third-order valence-corrected chi connectivity index (χ3v) is 5.51. The van der Waals surface area contributed by atoms with Gasteiger partial charge in [-0.05, 0) is 54.1 Å². The normalized spacial score (nSPS) is 21.4. The molecule has 3 rings (SSSR count). The van der Waals surface area contributed by atoms with Gasteiger partial charge < -0.3 is 10.0 Å². The Morgan fingerprint density at radius 2 is 1.33 bits per heavy atom. The fraction of sp³-hybridized carbons (Fsp3) is 0.667. The first-order chi connectivity index (χ1) is 10.3. The largest absolute Gasteiger partial charge is 0.488 e. The maximum Gasteiger partial charge on any atom is 0.488 e. The number of benzene rings is 1. The van der Waals surface area contributed by atoms with Crippen molar-refractivity contribution in [1.82, 2.24) is 0 Å². The lowest BCUT2D eigenvalue weighted by atomic mass is 9.67. The van der Waals surface area contributed by atoms with E-state index in [-0.39, 0.29) is 0 Å². The van der Waals surface area contributed by atoms with Crippen LogP contribution in [0.1, 0.15) is 87.2 Å². The Hall–Kier alpha value is -0.795. The van der Waals surface area contributed by atoms with E-state index in [4.69, 9.17) is 0 Å². The Balaban J connectivity index is 1.98. The van der Waals surface area contributed by atoms with E-state index in [1.54, 1.807) is 0 Å². The lowest BCUT2D eigenvalue weighted by molar-refractivity contribution is 0.411. The molecule has 0 spiro atoms. The van der Waals surface area contributed by atoms with Crippen LogP contribution in [0.25, 0.3) is 0 Å². The fourth-order valence-electron chi connectivity index (χ4n) is 4.46. The van der Waals surface area contributed by atoms with Gasteiger partial charge in [-0.25, -0.2) is 0 Å². The summed E-state index contributed by atoms with van der Waals surface area (Å²) in [5.74, 6) is 1.17. The molecule has 0 aromatic heterocycles. The highest BCUT2D eigenvalue weighted by molar-refractivity contribution is 6.59.